The summed E-state index contributed by atoms with van der Waals surface area (Å²) in [4.78, 5) is 13.7. The molecular formula is C23H22N4O2S2. The number of methoxy groups -OCH3 is 1. The molecule has 4 aromatic rings. The molecular weight excluding hydrogens is 428 g/mol. The summed E-state index contributed by atoms with van der Waals surface area (Å²) < 4.78 is 7.33. The molecule has 2 aromatic carbocycles. The van der Waals surface area contributed by atoms with E-state index in [2.05, 4.69) is 15.5 Å². The summed E-state index contributed by atoms with van der Waals surface area (Å²) in [6.07, 6.45) is 0. The fourth-order valence-corrected chi connectivity index (χ4v) is 4.64. The van der Waals surface area contributed by atoms with Crippen molar-refractivity contribution in [3.8, 4) is 22.8 Å². The maximum atomic E-state index is 12.5. The van der Waals surface area contributed by atoms with E-state index in [1.165, 1.54) is 11.8 Å². The summed E-state index contributed by atoms with van der Waals surface area (Å²) in [7, 11) is 1.64. The van der Waals surface area contributed by atoms with E-state index in [0.717, 1.165) is 21.9 Å². The zero-order valence-electron chi connectivity index (χ0n) is 17.2. The Labute approximate surface area is 189 Å². The van der Waals surface area contributed by atoms with Crippen molar-refractivity contribution in [2.75, 3.05) is 12.9 Å². The molecule has 8 heteroatoms. The summed E-state index contributed by atoms with van der Waals surface area (Å²) in [5.74, 6) is 1.64. The van der Waals surface area contributed by atoms with Gasteiger partial charge in [-0.3, -0.25) is 9.36 Å². The predicted molar refractivity (Wildman–Crippen MR) is 125 cm³/mol. The van der Waals surface area contributed by atoms with Crippen LogP contribution >= 0.6 is 23.1 Å². The van der Waals surface area contributed by atoms with Gasteiger partial charge < -0.3 is 10.1 Å². The number of carbonyl (C=O) groups is 1. The molecule has 1 amide bonds. The predicted octanol–water partition coefficient (Wildman–Crippen LogP) is 4.97. The first-order chi connectivity index (χ1) is 15.2. The fraction of sp³-hybridized carbons (Fsp3) is 0.174. The molecule has 0 fully saturated rings. The first kappa shape index (κ1) is 21.1. The normalized spacial score (nSPS) is 11.8. The van der Waals surface area contributed by atoms with Crippen LogP contribution in [0.2, 0.25) is 0 Å². The van der Waals surface area contributed by atoms with Gasteiger partial charge in [0.15, 0.2) is 11.0 Å². The van der Waals surface area contributed by atoms with Crippen molar-refractivity contribution in [2.45, 2.75) is 18.1 Å². The van der Waals surface area contributed by atoms with E-state index in [4.69, 9.17) is 4.74 Å². The number of thiophene rings is 1. The highest BCUT2D eigenvalue weighted by Crippen LogP contribution is 2.29. The molecule has 1 N–H and O–H groups in total. The Morgan fingerprint density at radius 3 is 2.71 bits per heavy atom. The second-order valence-corrected chi connectivity index (χ2v) is 8.72. The average Bonchev–Trinajstić information content (AvgIpc) is 3.48. The molecule has 2 aromatic heterocycles. The number of carbonyl (C=O) groups excluding carboxylic acids is 1. The molecule has 1 unspecified atom stereocenters. The topological polar surface area (TPSA) is 69.0 Å². The maximum Gasteiger partial charge on any atom is 0.230 e. The Hall–Kier alpha value is -3.10. The van der Waals surface area contributed by atoms with Gasteiger partial charge in [-0.2, -0.15) is 0 Å². The van der Waals surface area contributed by atoms with Crippen LogP contribution in [0, 0.1) is 0 Å². The van der Waals surface area contributed by atoms with Crippen molar-refractivity contribution in [1.82, 2.24) is 20.1 Å². The molecule has 0 saturated carbocycles. The minimum absolute atomic E-state index is 0.0209. The number of amides is 1. The number of aromatic nitrogens is 3. The van der Waals surface area contributed by atoms with E-state index < -0.39 is 0 Å². The first-order valence-electron chi connectivity index (χ1n) is 9.76. The molecule has 0 spiro atoms. The van der Waals surface area contributed by atoms with E-state index in [1.807, 2.05) is 83.6 Å². The number of rotatable bonds is 8. The van der Waals surface area contributed by atoms with Crippen molar-refractivity contribution >= 4 is 29.0 Å². The molecule has 0 aliphatic heterocycles. The number of hydrogen-bond acceptors (Lipinski definition) is 6. The zero-order chi connectivity index (χ0) is 21.6. The number of benzene rings is 2. The lowest BCUT2D eigenvalue weighted by molar-refractivity contribution is -0.119. The van der Waals surface area contributed by atoms with Crippen molar-refractivity contribution in [2.24, 2.45) is 0 Å². The molecule has 0 aliphatic carbocycles. The molecule has 6 nitrogen and oxygen atoms in total. The molecule has 0 radical (unpaired) electrons. The molecule has 2 heterocycles. The SMILES string of the molecule is COc1cccc(-c2nnc(SCC(=O)NC(C)c3cccs3)n2-c2ccccc2)c1. The molecule has 0 bridgehead atoms. The summed E-state index contributed by atoms with van der Waals surface area (Å²) >= 11 is 3.00. The second kappa shape index (κ2) is 9.80. The van der Waals surface area contributed by atoms with Gasteiger partial charge in [-0.1, -0.05) is 48.2 Å². The number of ether oxygens (including phenoxy) is 1. The third-order valence-corrected chi connectivity index (χ3v) is 6.64. The van der Waals surface area contributed by atoms with Crippen LogP contribution in [0.5, 0.6) is 5.75 Å². The molecule has 4 rings (SSSR count). The minimum Gasteiger partial charge on any atom is -0.497 e. The van der Waals surface area contributed by atoms with E-state index in [-0.39, 0.29) is 17.7 Å². The fourth-order valence-electron chi connectivity index (χ4n) is 3.14. The third kappa shape index (κ3) is 4.98. The van der Waals surface area contributed by atoms with Crippen LogP contribution in [0.25, 0.3) is 17.1 Å². The number of para-hydroxylation sites is 1. The molecule has 31 heavy (non-hydrogen) atoms. The van der Waals surface area contributed by atoms with Crippen LogP contribution in [0.3, 0.4) is 0 Å². The Kier molecular flexibility index (Phi) is 6.69. The highest BCUT2D eigenvalue weighted by molar-refractivity contribution is 7.99. The number of nitrogens with zero attached hydrogens (tertiary/aromatic N) is 3. The van der Waals surface area contributed by atoms with Crippen LogP contribution in [-0.4, -0.2) is 33.5 Å². The minimum atomic E-state index is -0.0450. The Morgan fingerprint density at radius 2 is 1.97 bits per heavy atom. The van der Waals surface area contributed by atoms with Gasteiger partial charge in [0.2, 0.25) is 5.91 Å². The third-order valence-electron chi connectivity index (χ3n) is 4.66. The number of thioether (sulfide) groups is 1. The van der Waals surface area contributed by atoms with Crippen molar-refractivity contribution in [1.29, 1.82) is 0 Å². The van der Waals surface area contributed by atoms with E-state index >= 15 is 0 Å². The highest BCUT2D eigenvalue weighted by atomic mass is 32.2. The van der Waals surface area contributed by atoms with E-state index in [1.54, 1.807) is 18.4 Å². The maximum absolute atomic E-state index is 12.5. The highest BCUT2D eigenvalue weighted by Gasteiger charge is 2.18. The average molecular weight is 451 g/mol. The van der Waals surface area contributed by atoms with Gasteiger partial charge in [-0.15, -0.1) is 21.5 Å². The number of hydrogen-bond donors (Lipinski definition) is 1. The zero-order valence-corrected chi connectivity index (χ0v) is 18.8. The monoisotopic (exact) mass is 450 g/mol. The number of nitrogens with one attached hydrogen (secondary N) is 1. The summed E-state index contributed by atoms with van der Waals surface area (Å²) in [6, 6.07) is 21.6. The van der Waals surface area contributed by atoms with Crippen molar-refractivity contribution in [3.63, 3.8) is 0 Å². The lowest BCUT2D eigenvalue weighted by Crippen LogP contribution is -2.27. The molecule has 0 saturated heterocycles. The van der Waals surface area contributed by atoms with Gasteiger partial charge in [0.25, 0.3) is 0 Å². The smallest absolute Gasteiger partial charge is 0.230 e. The molecule has 158 valence electrons. The van der Waals surface area contributed by atoms with Crippen LogP contribution in [-0.2, 0) is 4.79 Å². The van der Waals surface area contributed by atoms with Crippen LogP contribution in [0.15, 0.2) is 77.3 Å². The van der Waals surface area contributed by atoms with E-state index in [9.17, 15) is 4.79 Å². The van der Waals surface area contributed by atoms with Crippen molar-refractivity contribution < 1.29 is 9.53 Å². The molecule has 1 atom stereocenters. The van der Waals surface area contributed by atoms with Crippen LogP contribution in [0.1, 0.15) is 17.8 Å². The van der Waals surface area contributed by atoms with Gasteiger partial charge in [0.1, 0.15) is 5.75 Å². The Morgan fingerprint density at radius 1 is 1.13 bits per heavy atom. The van der Waals surface area contributed by atoms with Gasteiger partial charge in [0.05, 0.1) is 18.9 Å². The second-order valence-electron chi connectivity index (χ2n) is 6.80. The Bertz CT molecular complexity index is 1140. The van der Waals surface area contributed by atoms with Gasteiger partial charge in [0, 0.05) is 16.1 Å². The summed E-state index contributed by atoms with van der Waals surface area (Å²) in [6.45, 7) is 1.99. The van der Waals surface area contributed by atoms with Gasteiger partial charge in [-0.25, -0.2) is 0 Å². The largest absolute Gasteiger partial charge is 0.497 e. The van der Waals surface area contributed by atoms with Gasteiger partial charge >= 0.3 is 0 Å². The van der Waals surface area contributed by atoms with Gasteiger partial charge in [-0.05, 0) is 42.6 Å². The summed E-state index contributed by atoms with van der Waals surface area (Å²) in [5, 5.41) is 14.5. The lowest BCUT2D eigenvalue weighted by atomic mass is 10.2. The molecule has 0 aliphatic rings. The standard InChI is InChI=1S/C23H22N4O2S2/c1-16(20-12-7-13-30-20)24-21(28)15-31-23-26-25-22(17-8-6-11-19(14-17)29-2)27(23)18-9-4-3-5-10-18/h3-14,16H,15H2,1-2H3,(H,24,28). The lowest BCUT2D eigenvalue weighted by Gasteiger charge is -2.13. The quantitative estimate of drug-likeness (QED) is 0.384. The first-order valence-corrected chi connectivity index (χ1v) is 11.6. The van der Waals surface area contributed by atoms with E-state index in [0.29, 0.717) is 11.0 Å². The van der Waals surface area contributed by atoms with Crippen LogP contribution in [0.4, 0.5) is 0 Å². The Balaban J connectivity index is 1.57. The van der Waals surface area contributed by atoms with Crippen LogP contribution < -0.4 is 10.1 Å². The summed E-state index contributed by atoms with van der Waals surface area (Å²) in [5.41, 5.74) is 1.82. The van der Waals surface area contributed by atoms with Crippen molar-refractivity contribution in [3.05, 3.63) is 77.0 Å².